The maximum atomic E-state index is 5.70. The van der Waals surface area contributed by atoms with E-state index in [-0.39, 0.29) is 5.60 Å². The molecule has 0 bridgehead atoms. The highest BCUT2D eigenvalue weighted by atomic mass is 35.5. The summed E-state index contributed by atoms with van der Waals surface area (Å²) in [6, 6.07) is 7.84. The van der Waals surface area contributed by atoms with Gasteiger partial charge in [-0.25, -0.2) is 0 Å². The van der Waals surface area contributed by atoms with Crippen molar-refractivity contribution in [3.8, 4) is 5.75 Å². The fraction of sp³-hybridized carbons (Fsp3) is 0.538. The molecule has 1 aromatic rings. The van der Waals surface area contributed by atoms with Gasteiger partial charge in [-0.2, -0.15) is 0 Å². The van der Waals surface area contributed by atoms with Crippen molar-refractivity contribution in [2.75, 3.05) is 13.7 Å². The van der Waals surface area contributed by atoms with Crippen molar-refractivity contribution in [2.45, 2.75) is 31.7 Å². The Kier molecular flexibility index (Phi) is 5.10. The van der Waals surface area contributed by atoms with Crippen molar-refractivity contribution in [1.29, 1.82) is 0 Å². The molecule has 0 fully saturated rings. The summed E-state index contributed by atoms with van der Waals surface area (Å²) < 4.78 is 10.9. The van der Waals surface area contributed by atoms with Gasteiger partial charge in [0.1, 0.15) is 5.75 Å². The molecule has 0 saturated carbocycles. The van der Waals surface area contributed by atoms with Crippen LogP contribution in [-0.4, -0.2) is 19.3 Å². The molecule has 3 heteroatoms. The molecule has 0 spiro atoms. The van der Waals surface area contributed by atoms with Crippen molar-refractivity contribution in [3.63, 3.8) is 0 Å². The molecule has 2 nitrogen and oxygen atoms in total. The van der Waals surface area contributed by atoms with E-state index in [1.54, 1.807) is 7.11 Å². The van der Waals surface area contributed by atoms with Crippen molar-refractivity contribution in [1.82, 2.24) is 0 Å². The molecule has 0 N–H and O–H groups in total. The van der Waals surface area contributed by atoms with Crippen LogP contribution in [0.2, 0.25) is 0 Å². The summed E-state index contributed by atoms with van der Waals surface area (Å²) in [5, 5.41) is 0. The van der Waals surface area contributed by atoms with Gasteiger partial charge < -0.3 is 9.47 Å². The molecule has 0 radical (unpaired) electrons. The highest BCUT2D eigenvalue weighted by Crippen LogP contribution is 2.16. The van der Waals surface area contributed by atoms with E-state index in [0.717, 1.165) is 17.7 Å². The van der Waals surface area contributed by atoms with Crippen LogP contribution in [0.3, 0.4) is 0 Å². The van der Waals surface area contributed by atoms with E-state index >= 15 is 0 Å². The van der Waals surface area contributed by atoms with Crippen LogP contribution in [0.15, 0.2) is 24.3 Å². The smallest absolute Gasteiger partial charge is 0.119 e. The summed E-state index contributed by atoms with van der Waals surface area (Å²) in [5.74, 6) is 1.41. The van der Waals surface area contributed by atoms with Crippen LogP contribution in [0.1, 0.15) is 25.8 Å². The standard InChI is InChI=1S/C13H19ClO2/c1-13(2,15-3)8-9-16-12-6-4-11(10-14)5-7-12/h4-7H,8-10H2,1-3H3. The third kappa shape index (κ3) is 4.42. The summed E-state index contributed by atoms with van der Waals surface area (Å²) in [4.78, 5) is 0. The van der Waals surface area contributed by atoms with E-state index in [0.29, 0.717) is 12.5 Å². The molecule has 1 aromatic carbocycles. The Labute approximate surface area is 103 Å². The Morgan fingerprint density at radius 2 is 1.81 bits per heavy atom. The monoisotopic (exact) mass is 242 g/mol. The minimum Gasteiger partial charge on any atom is -0.493 e. The highest BCUT2D eigenvalue weighted by Gasteiger charge is 2.15. The molecule has 0 heterocycles. The maximum Gasteiger partial charge on any atom is 0.119 e. The Hall–Kier alpha value is -0.730. The van der Waals surface area contributed by atoms with Crippen LogP contribution in [-0.2, 0) is 10.6 Å². The summed E-state index contributed by atoms with van der Waals surface area (Å²) >= 11 is 5.70. The number of hydrogen-bond donors (Lipinski definition) is 0. The van der Waals surface area contributed by atoms with Gasteiger partial charge in [0, 0.05) is 19.4 Å². The second-order valence-corrected chi connectivity index (χ2v) is 4.61. The molecular formula is C13H19ClO2. The van der Waals surface area contributed by atoms with Crippen molar-refractivity contribution >= 4 is 11.6 Å². The molecule has 0 atom stereocenters. The van der Waals surface area contributed by atoms with Gasteiger partial charge in [-0.1, -0.05) is 12.1 Å². The SMILES string of the molecule is COC(C)(C)CCOc1ccc(CCl)cc1. The molecule has 0 aromatic heterocycles. The molecule has 1 rings (SSSR count). The fourth-order valence-electron chi connectivity index (χ4n) is 1.19. The first-order valence-electron chi connectivity index (χ1n) is 5.40. The number of hydrogen-bond acceptors (Lipinski definition) is 2. The summed E-state index contributed by atoms with van der Waals surface area (Å²) in [7, 11) is 1.72. The molecular weight excluding hydrogens is 224 g/mol. The zero-order valence-electron chi connectivity index (χ0n) is 10.1. The van der Waals surface area contributed by atoms with E-state index < -0.39 is 0 Å². The minimum atomic E-state index is -0.129. The first kappa shape index (κ1) is 13.3. The largest absolute Gasteiger partial charge is 0.493 e. The van der Waals surface area contributed by atoms with Gasteiger partial charge in [0.2, 0.25) is 0 Å². The number of benzene rings is 1. The van der Waals surface area contributed by atoms with Crippen molar-refractivity contribution in [3.05, 3.63) is 29.8 Å². The first-order valence-corrected chi connectivity index (χ1v) is 5.94. The molecule has 0 aliphatic carbocycles. The maximum absolute atomic E-state index is 5.70. The number of halogens is 1. The van der Waals surface area contributed by atoms with E-state index in [1.807, 2.05) is 38.1 Å². The van der Waals surface area contributed by atoms with Crippen molar-refractivity contribution < 1.29 is 9.47 Å². The van der Waals surface area contributed by atoms with Gasteiger partial charge >= 0.3 is 0 Å². The van der Waals surface area contributed by atoms with Gasteiger partial charge in [0.25, 0.3) is 0 Å². The summed E-state index contributed by atoms with van der Waals surface area (Å²) in [6.07, 6.45) is 0.862. The lowest BCUT2D eigenvalue weighted by Gasteiger charge is -2.22. The predicted octanol–water partition coefficient (Wildman–Crippen LogP) is 3.62. The second kappa shape index (κ2) is 6.12. The number of ether oxygens (including phenoxy) is 2. The fourth-order valence-corrected chi connectivity index (χ4v) is 1.37. The molecule has 0 unspecified atom stereocenters. The molecule has 0 saturated heterocycles. The van der Waals surface area contributed by atoms with Crippen LogP contribution in [0.5, 0.6) is 5.75 Å². The van der Waals surface area contributed by atoms with Gasteiger partial charge in [0.05, 0.1) is 12.2 Å². The van der Waals surface area contributed by atoms with Crippen LogP contribution < -0.4 is 4.74 Å². The van der Waals surface area contributed by atoms with Gasteiger partial charge in [-0.3, -0.25) is 0 Å². The zero-order chi connectivity index (χ0) is 12.0. The van der Waals surface area contributed by atoms with Crippen LogP contribution in [0.25, 0.3) is 0 Å². The normalized spacial score (nSPS) is 11.5. The van der Waals surface area contributed by atoms with E-state index in [1.165, 1.54) is 0 Å². The quantitative estimate of drug-likeness (QED) is 0.710. The minimum absolute atomic E-state index is 0.129. The lowest BCUT2D eigenvalue weighted by atomic mass is 10.1. The van der Waals surface area contributed by atoms with Crippen LogP contribution in [0.4, 0.5) is 0 Å². The predicted molar refractivity (Wildman–Crippen MR) is 67.2 cm³/mol. The van der Waals surface area contributed by atoms with E-state index in [2.05, 4.69) is 0 Å². The molecule has 0 aliphatic heterocycles. The van der Waals surface area contributed by atoms with Gasteiger partial charge in [-0.05, 0) is 31.5 Å². The third-order valence-electron chi connectivity index (χ3n) is 2.60. The Morgan fingerprint density at radius 1 is 1.19 bits per heavy atom. The average molecular weight is 243 g/mol. The molecule has 90 valence electrons. The molecule has 0 aliphatic rings. The summed E-state index contributed by atoms with van der Waals surface area (Å²) in [5.41, 5.74) is 0.974. The lowest BCUT2D eigenvalue weighted by molar-refractivity contribution is 0.00545. The Balaban J connectivity index is 2.37. The number of methoxy groups -OCH3 is 1. The van der Waals surface area contributed by atoms with Gasteiger partial charge in [0.15, 0.2) is 0 Å². The Bertz CT molecular complexity index is 306. The van der Waals surface area contributed by atoms with Crippen LogP contribution in [0, 0.1) is 0 Å². The van der Waals surface area contributed by atoms with E-state index in [9.17, 15) is 0 Å². The highest BCUT2D eigenvalue weighted by molar-refractivity contribution is 6.17. The van der Waals surface area contributed by atoms with Crippen LogP contribution >= 0.6 is 11.6 Å². The summed E-state index contributed by atoms with van der Waals surface area (Å²) in [6.45, 7) is 4.75. The van der Waals surface area contributed by atoms with Crippen molar-refractivity contribution in [2.24, 2.45) is 0 Å². The topological polar surface area (TPSA) is 18.5 Å². The lowest BCUT2D eigenvalue weighted by Crippen LogP contribution is -2.25. The third-order valence-corrected chi connectivity index (χ3v) is 2.91. The Morgan fingerprint density at radius 3 is 2.31 bits per heavy atom. The second-order valence-electron chi connectivity index (χ2n) is 4.34. The number of alkyl halides is 1. The molecule has 16 heavy (non-hydrogen) atoms. The molecule has 0 amide bonds. The number of rotatable bonds is 6. The average Bonchev–Trinajstić information content (AvgIpc) is 2.30. The van der Waals surface area contributed by atoms with E-state index in [4.69, 9.17) is 21.1 Å². The zero-order valence-corrected chi connectivity index (χ0v) is 10.9. The first-order chi connectivity index (χ1) is 7.57. The van der Waals surface area contributed by atoms with Gasteiger partial charge in [-0.15, -0.1) is 11.6 Å².